The van der Waals surface area contributed by atoms with Gasteiger partial charge in [-0.25, -0.2) is 53.8 Å². The molecule has 0 heterocycles. The number of thioether (sulfide) groups is 1. The first-order valence-corrected chi connectivity index (χ1v) is 46.7. The molecule has 0 saturated heterocycles. The van der Waals surface area contributed by atoms with E-state index in [-0.39, 0.29) is 88.5 Å². The SMILES string of the molecule is C.C.C=S(C)c1cccc(-c2ccc(S(=O)(=O)N[C@@H]3CCCc4c(OCC(=O)OC(C)(C)C)cccc43)cc2)c1.C=S(C)c1cccc(-c2ccc(S(=O)(=O)N[C@@H]3CCCc4c(OCC(=O)OC(C)(C)C)cccc43)cc2)c1.CSc1cccc(-c2ccc(S(=O)(=O)N[C@@H]3CCCc4c(OCC(=O)OC(C)(C)C)cccc43)cc2)c1. The normalized spacial score (nSPS) is 15.8. The number of esters is 3. The quantitative estimate of drug-likeness (QED) is 0.0220. The summed E-state index contributed by atoms with van der Waals surface area (Å²) in [6, 6.07) is 60.9. The van der Waals surface area contributed by atoms with E-state index in [0.29, 0.717) is 36.5 Å². The maximum Gasteiger partial charge on any atom is 0.344 e. The smallest absolute Gasteiger partial charge is 0.344 e. The Morgan fingerprint density at radius 3 is 0.930 bits per heavy atom. The van der Waals surface area contributed by atoms with Crippen LogP contribution in [0.4, 0.5) is 0 Å². The molecule has 0 bridgehead atoms. The molecule has 3 aliphatic rings. The van der Waals surface area contributed by atoms with Crippen LogP contribution in [-0.4, -0.2) is 110 Å². The Balaban J connectivity index is 0.000000214. The van der Waals surface area contributed by atoms with Gasteiger partial charge in [0.25, 0.3) is 0 Å². The molecule has 5 atom stereocenters. The molecule has 9 aromatic carbocycles. The van der Waals surface area contributed by atoms with Crippen LogP contribution >= 0.6 is 32.7 Å². The number of hydrogen-bond donors (Lipinski definition) is 3. The van der Waals surface area contributed by atoms with Crippen molar-refractivity contribution in [2.45, 2.75) is 199 Å². The third kappa shape index (κ3) is 25.9. The molecule has 0 aliphatic heterocycles. The first kappa shape index (κ1) is 91.8. The lowest BCUT2D eigenvalue weighted by atomic mass is 9.87. The Labute approximate surface area is 691 Å². The number of carbonyl (C=O) groups excluding carboxylic acids is 3. The van der Waals surface area contributed by atoms with Gasteiger partial charge in [-0.05, 0) is 297 Å². The van der Waals surface area contributed by atoms with E-state index in [4.69, 9.17) is 28.4 Å². The Morgan fingerprint density at radius 1 is 0.391 bits per heavy atom. The molecule has 24 heteroatoms. The molecule has 18 nitrogen and oxygen atoms in total. The summed E-state index contributed by atoms with van der Waals surface area (Å²) in [6.07, 6.45) is 12.9. The van der Waals surface area contributed by atoms with Crippen molar-refractivity contribution in [3.63, 3.8) is 0 Å². The molecular formula is C91H111N3O15S6. The zero-order valence-corrected chi connectivity index (χ0v) is 71.2. The summed E-state index contributed by atoms with van der Waals surface area (Å²) in [5.74, 6) is 8.64. The highest BCUT2D eigenvalue weighted by atomic mass is 32.2. The van der Waals surface area contributed by atoms with Crippen LogP contribution in [0.15, 0.2) is 230 Å². The second-order valence-corrected chi connectivity index (χ2v) is 40.4. The summed E-state index contributed by atoms with van der Waals surface area (Å²) in [5.41, 5.74) is 9.60. The minimum atomic E-state index is -3.76. The van der Waals surface area contributed by atoms with Gasteiger partial charge in [-0.15, -0.1) is 11.8 Å². The van der Waals surface area contributed by atoms with E-state index >= 15 is 0 Å². The second kappa shape index (κ2) is 40.0. The van der Waals surface area contributed by atoms with Gasteiger partial charge in [-0.2, -0.15) is 21.0 Å². The number of carbonyl (C=O) groups is 3. The van der Waals surface area contributed by atoms with Crippen LogP contribution < -0.4 is 28.4 Å². The van der Waals surface area contributed by atoms with E-state index in [1.807, 2.05) is 202 Å². The first-order chi connectivity index (χ1) is 53.4. The lowest BCUT2D eigenvalue weighted by Crippen LogP contribution is -2.31. The van der Waals surface area contributed by atoms with E-state index in [1.165, 1.54) is 0 Å². The predicted octanol–water partition coefficient (Wildman–Crippen LogP) is 19.7. The summed E-state index contributed by atoms with van der Waals surface area (Å²) >= 11 is 1.67. The van der Waals surface area contributed by atoms with Crippen molar-refractivity contribution in [3.05, 3.63) is 234 Å². The van der Waals surface area contributed by atoms with Gasteiger partial charge in [0.15, 0.2) is 19.8 Å². The minimum Gasteiger partial charge on any atom is -0.482 e. The maximum absolute atomic E-state index is 13.3. The standard InChI is InChI=1S/2C30H35NO5S2.C29H33NO5S2.2CH4/c2*1-30(2,3)36-29(32)20-35-28-14-8-11-25-26(28)12-7-13-27(25)31-38(33,34)24-17-15-21(16-18-24)22-9-6-10-23(19-22)37(4)5;1-29(2,3)35-28(31)19-34-27-13-7-10-24-25(27)11-6-12-26(24)30-37(32,33)23-16-14-20(15-17-23)21-8-5-9-22(18-21)36-4;;/h2*6,8-11,14-19,27,31H,4,7,12-13,20H2,1-3,5H3;5,7-10,13-18,26,30H,6,11-12,19H2,1-4H3;2*1H4/t2*27-,37?;26-;;/m111../s1. The lowest BCUT2D eigenvalue weighted by molar-refractivity contribution is -0.158. The highest BCUT2D eigenvalue weighted by Crippen LogP contribution is 2.41. The molecule has 3 aliphatic carbocycles. The Hall–Kier alpha value is -8.69. The first-order valence-electron chi connectivity index (χ1n) is 37.4. The molecule has 0 aromatic heterocycles. The minimum absolute atomic E-state index is 0. The van der Waals surface area contributed by atoms with Gasteiger partial charge < -0.3 is 28.4 Å². The molecule has 0 spiro atoms. The van der Waals surface area contributed by atoms with E-state index in [1.54, 1.807) is 48.2 Å². The highest BCUT2D eigenvalue weighted by molar-refractivity contribution is 8.13. The predicted molar refractivity (Wildman–Crippen MR) is 470 cm³/mol. The van der Waals surface area contributed by atoms with Crippen LogP contribution in [0.3, 0.4) is 0 Å². The van der Waals surface area contributed by atoms with E-state index in [9.17, 15) is 39.6 Å². The number of sulfonamides is 3. The third-order valence-electron chi connectivity index (χ3n) is 18.6. The zero-order valence-electron chi connectivity index (χ0n) is 66.3. The summed E-state index contributed by atoms with van der Waals surface area (Å²) in [6.45, 7) is 15.7. The summed E-state index contributed by atoms with van der Waals surface area (Å²) in [7, 11) is -11.5. The molecule has 0 amide bonds. The van der Waals surface area contributed by atoms with Crippen molar-refractivity contribution in [1.29, 1.82) is 0 Å². The van der Waals surface area contributed by atoms with Crippen molar-refractivity contribution in [2.24, 2.45) is 0 Å². The van der Waals surface area contributed by atoms with Gasteiger partial charge in [0, 0.05) is 32.8 Å². The molecule has 9 aromatic rings. The van der Waals surface area contributed by atoms with E-state index < -0.39 is 64.8 Å². The molecule has 0 saturated carbocycles. The number of ether oxygens (including phenoxy) is 6. The van der Waals surface area contributed by atoms with Crippen LogP contribution in [-0.2, 0) is 77.9 Å². The number of fused-ring (bicyclic) bond motifs is 3. The van der Waals surface area contributed by atoms with E-state index in [2.05, 4.69) is 68.8 Å². The largest absolute Gasteiger partial charge is 0.482 e. The van der Waals surface area contributed by atoms with Crippen molar-refractivity contribution in [2.75, 3.05) is 38.6 Å². The Kier molecular flexibility index (Phi) is 31.9. The molecular weight excluding hydrogens is 1570 g/mol. The highest BCUT2D eigenvalue weighted by Gasteiger charge is 2.33. The fourth-order valence-electron chi connectivity index (χ4n) is 13.6. The van der Waals surface area contributed by atoms with Gasteiger partial charge in [-0.3, -0.25) is 0 Å². The van der Waals surface area contributed by atoms with Gasteiger partial charge in [0.05, 0.1) is 14.7 Å². The molecule has 616 valence electrons. The van der Waals surface area contributed by atoms with Crippen LogP contribution in [0, 0.1) is 0 Å². The summed E-state index contributed by atoms with van der Waals surface area (Å²) < 4.78 is 122. The summed E-state index contributed by atoms with van der Waals surface area (Å²) in [4.78, 5) is 40.5. The monoisotopic (exact) mass is 1680 g/mol. The number of nitrogens with one attached hydrogen (secondary N) is 3. The van der Waals surface area contributed by atoms with Crippen LogP contribution in [0.25, 0.3) is 33.4 Å². The molecule has 0 radical (unpaired) electrons. The van der Waals surface area contributed by atoms with Gasteiger partial charge in [-0.1, -0.05) is 136 Å². The van der Waals surface area contributed by atoms with E-state index in [0.717, 1.165) is 120 Å². The molecule has 3 N–H and O–H groups in total. The summed E-state index contributed by atoms with van der Waals surface area (Å²) in [5, 5.41) is 0. The van der Waals surface area contributed by atoms with Crippen molar-refractivity contribution < 1.29 is 68.1 Å². The fourth-order valence-corrected chi connectivity index (χ4v) is 19.1. The van der Waals surface area contributed by atoms with Crippen molar-refractivity contribution in [3.8, 4) is 50.6 Å². The Morgan fingerprint density at radius 2 is 0.661 bits per heavy atom. The van der Waals surface area contributed by atoms with Crippen LogP contribution in [0.2, 0.25) is 0 Å². The maximum atomic E-state index is 13.3. The molecule has 12 rings (SSSR count). The van der Waals surface area contributed by atoms with Crippen molar-refractivity contribution >= 4 is 92.4 Å². The Bertz CT molecular complexity index is 5060. The topological polar surface area (TPSA) is 245 Å². The van der Waals surface area contributed by atoms with Crippen LogP contribution in [0.5, 0.6) is 17.2 Å². The fraction of sp³-hybridized carbons (Fsp3) is 0.352. The zero-order chi connectivity index (χ0) is 81.6. The molecule has 115 heavy (non-hydrogen) atoms. The average Bonchev–Trinajstić information content (AvgIpc) is 0.793. The third-order valence-corrected chi connectivity index (χ3v) is 25.9. The second-order valence-electron chi connectivity index (χ2n) is 30.9. The van der Waals surface area contributed by atoms with Crippen molar-refractivity contribution in [1.82, 2.24) is 14.2 Å². The number of rotatable bonds is 24. The van der Waals surface area contributed by atoms with Gasteiger partial charge in [0.2, 0.25) is 30.1 Å². The molecule has 2 unspecified atom stereocenters. The van der Waals surface area contributed by atoms with Gasteiger partial charge in [0.1, 0.15) is 34.1 Å². The molecule has 0 fully saturated rings. The van der Waals surface area contributed by atoms with Crippen LogP contribution in [0.1, 0.15) is 167 Å². The number of benzene rings is 9. The lowest BCUT2D eigenvalue weighted by Gasteiger charge is -2.28. The average molecular weight is 1680 g/mol. The number of hydrogen-bond acceptors (Lipinski definition) is 16. The van der Waals surface area contributed by atoms with Gasteiger partial charge >= 0.3 is 17.9 Å².